The molecule has 0 aliphatic heterocycles. The molecule has 1 aromatic carbocycles. The molecule has 1 rings (SSSR count). The molecular weight excluding hydrogens is 230 g/mol. The molecule has 0 fully saturated rings. The fourth-order valence-corrected chi connectivity index (χ4v) is 1.19. The van der Waals surface area contributed by atoms with E-state index < -0.39 is 5.97 Å². The van der Waals surface area contributed by atoms with Crippen LogP contribution in [0.5, 0.6) is 5.75 Å². The van der Waals surface area contributed by atoms with E-state index in [1.54, 1.807) is 18.2 Å². The quantitative estimate of drug-likeness (QED) is 0.743. The van der Waals surface area contributed by atoms with Gasteiger partial charge in [-0.3, -0.25) is 4.79 Å². The lowest BCUT2D eigenvalue weighted by Gasteiger charge is -2.06. The molecule has 0 unspecified atom stereocenters. The van der Waals surface area contributed by atoms with Gasteiger partial charge in [0.15, 0.2) is 0 Å². The Morgan fingerprint density at radius 2 is 2.25 bits per heavy atom. The maximum Gasteiger partial charge on any atom is 0.307 e. The highest BCUT2D eigenvalue weighted by atomic mass is 35.5. The Kier molecular flexibility index (Phi) is 7.33. The van der Waals surface area contributed by atoms with E-state index in [2.05, 4.69) is 5.32 Å². The summed E-state index contributed by atoms with van der Waals surface area (Å²) in [6.07, 6.45) is 0.0310. The molecule has 0 saturated carbocycles. The summed E-state index contributed by atoms with van der Waals surface area (Å²) in [5, 5.41) is 11.6. The van der Waals surface area contributed by atoms with Gasteiger partial charge in [-0.05, 0) is 24.7 Å². The molecule has 0 saturated heterocycles. The first-order valence-electron chi connectivity index (χ1n) is 4.80. The van der Waals surface area contributed by atoms with Crippen LogP contribution in [0.15, 0.2) is 24.3 Å². The second-order valence-electron chi connectivity index (χ2n) is 3.17. The summed E-state index contributed by atoms with van der Waals surface area (Å²) in [6.45, 7) is 1.34. The standard InChI is InChI=1S/C11H15NO3.ClH/c1-12-5-6-15-10-4-2-3-9(7-10)8-11(13)14;/h2-4,7,12H,5-6,8H2,1H3,(H,13,14);1H. The number of ether oxygens (including phenoxy) is 1. The van der Waals surface area contributed by atoms with Crippen LogP contribution >= 0.6 is 12.4 Å². The van der Waals surface area contributed by atoms with Gasteiger partial charge < -0.3 is 15.2 Å². The number of likely N-dealkylation sites (N-methyl/N-ethyl adjacent to an activating group) is 1. The van der Waals surface area contributed by atoms with Crippen LogP contribution in [0.4, 0.5) is 0 Å². The minimum absolute atomic E-state index is 0. The van der Waals surface area contributed by atoms with Crippen molar-refractivity contribution in [3.8, 4) is 5.75 Å². The van der Waals surface area contributed by atoms with Crippen molar-refractivity contribution in [1.82, 2.24) is 5.32 Å². The monoisotopic (exact) mass is 245 g/mol. The van der Waals surface area contributed by atoms with Crippen molar-refractivity contribution < 1.29 is 14.6 Å². The molecule has 16 heavy (non-hydrogen) atoms. The first-order chi connectivity index (χ1) is 7.22. The van der Waals surface area contributed by atoms with Gasteiger partial charge in [0.05, 0.1) is 6.42 Å². The lowest BCUT2D eigenvalue weighted by Crippen LogP contribution is -2.16. The second-order valence-corrected chi connectivity index (χ2v) is 3.17. The molecule has 0 aromatic heterocycles. The molecule has 0 heterocycles. The Labute approximate surface area is 101 Å². The van der Waals surface area contributed by atoms with Crippen LogP contribution in [0, 0.1) is 0 Å². The predicted molar refractivity (Wildman–Crippen MR) is 64.5 cm³/mol. The number of nitrogens with one attached hydrogen (secondary N) is 1. The molecule has 0 spiro atoms. The summed E-state index contributed by atoms with van der Waals surface area (Å²) in [4.78, 5) is 10.5. The number of carbonyl (C=O) groups is 1. The number of rotatable bonds is 6. The van der Waals surface area contributed by atoms with Crippen molar-refractivity contribution in [1.29, 1.82) is 0 Å². The summed E-state index contributed by atoms with van der Waals surface area (Å²) < 4.78 is 5.41. The third-order valence-corrected chi connectivity index (χ3v) is 1.87. The molecule has 0 aliphatic rings. The molecule has 0 amide bonds. The van der Waals surface area contributed by atoms with Gasteiger partial charge in [0, 0.05) is 6.54 Å². The van der Waals surface area contributed by atoms with Gasteiger partial charge in [-0.2, -0.15) is 0 Å². The number of hydrogen-bond acceptors (Lipinski definition) is 3. The van der Waals surface area contributed by atoms with Crippen molar-refractivity contribution in [2.75, 3.05) is 20.2 Å². The summed E-state index contributed by atoms with van der Waals surface area (Å²) in [5.74, 6) is -0.119. The zero-order valence-electron chi connectivity index (χ0n) is 9.10. The Morgan fingerprint density at radius 3 is 2.88 bits per heavy atom. The number of carboxylic acids is 1. The van der Waals surface area contributed by atoms with E-state index in [0.29, 0.717) is 12.4 Å². The smallest absolute Gasteiger partial charge is 0.307 e. The molecule has 0 radical (unpaired) electrons. The van der Waals surface area contributed by atoms with E-state index in [1.165, 1.54) is 0 Å². The maximum atomic E-state index is 10.5. The molecule has 0 aliphatic carbocycles. The molecule has 0 bridgehead atoms. The van der Waals surface area contributed by atoms with E-state index in [-0.39, 0.29) is 18.8 Å². The third-order valence-electron chi connectivity index (χ3n) is 1.87. The summed E-state index contributed by atoms with van der Waals surface area (Å²) in [6, 6.07) is 7.15. The van der Waals surface area contributed by atoms with Gasteiger partial charge in [-0.15, -0.1) is 12.4 Å². The van der Waals surface area contributed by atoms with Crippen LogP contribution in [0.2, 0.25) is 0 Å². The zero-order valence-corrected chi connectivity index (χ0v) is 9.92. The molecular formula is C11H16ClNO3. The molecule has 2 N–H and O–H groups in total. The Bertz CT molecular complexity index is 331. The van der Waals surface area contributed by atoms with Crippen LogP contribution in [0.3, 0.4) is 0 Å². The Hall–Kier alpha value is -1.26. The van der Waals surface area contributed by atoms with Crippen LogP contribution in [0.25, 0.3) is 0 Å². The number of halogens is 1. The minimum Gasteiger partial charge on any atom is -0.492 e. The number of aliphatic carboxylic acids is 1. The Balaban J connectivity index is 0.00000225. The minimum atomic E-state index is -0.831. The van der Waals surface area contributed by atoms with Crippen molar-refractivity contribution in [2.24, 2.45) is 0 Å². The fourth-order valence-electron chi connectivity index (χ4n) is 1.19. The van der Waals surface area contributed by atoms with Gasteiger partial charge in [0.2, 0.25) is 0 Å². The van der Waals surface area contributed by atoms with Crippen LogP contribution in [0.1, 0.15) is 5.56 Å². The summed E-state index contributed by atoms with van der Waals surface area (Å²) in [7, 11) is 1.85. The lowest BCUT2D eigenvalue weighted by atomic mass is 10.1. The summed E-state index contributed by atoms with van der Waals surface area (Å²) in [5.41, 5.74) is 0.754. The Morgan fingerprint density at radius 1 is 1.50 bits per heavy atom. The predicted octanol–water partition coefficient (Wildman–Crippen LogP) is 1.33. The number of benzene rings is 1. The first-order valence-corrected chi connectivity index (χ1v) is 4.80. The fraction of sp³-hybridized carbons (Fsp3) is 0.364. The largest absolute Gasteiger partial charge is 0.492 e. The molecule has 4 nitrogen and oxygen atoms in total. The highest BCUT2D eigenvalue weighted by molar-refractivity contribution is 5.85. The highest BCUT2D eigenvalue weighted by Gasteiger charge is 2.01. The van der Waals surface area contributed by atoms with Crippen LogP contribution < -0.4 is 10.1 Å². The van der Waals surface area contributed by atoms with Gasteiger partial charge >= 0.3 is 5.97 Å². The average molecular weight is 246 g/mol. The van der Waals surface area contributed by atoms with Crippen molar-refractivity contribution in [3.05, 3.63) is 29.8 Å². The lowest BCUT2D eigenvalue weighted by molar-refractivity contribution is -0.136. The number of hydrogen-bond donors (Lipinski definition) is 2. The maximum absolute atomic E-state index is 10.5. The van der Waals surface area contributed by atoms with Gasteiger partial charge in [0.25, 0.3) is 0 Å². The van der Waals surface area contributed by atoms with E-state index in [9.17, 15) is 4.79 Å². The van der Waals surface area contributed by atoms with Gasteiger partial charge in [-0.25, -0.2) is 0 Å². The topological polar surface area (TPSA) is 58.6 Å². The normalized spacial score (nSPS) is 9.31. The highest BCUT2D eigenvalue weighted by Crippen LogP contribution is 2.13. The summed E-state index contributed by atoms with van der Waals surface area (Å²) >= 11 is 0. The van der Waals surface area contributed by atoms with Crippen molar-refractivity contribution >= 4 is 18.4 Å². The third kappa shape index (κ3) is 5.58. The van der Waals surface area contributed by atoms with E-state index in [0.717, 1.165) is 12.1 Å². The molecule has 0 atom stereocenters. The molecule has 90 valence electrons. The van der Waals surface area contributed by atoms with E-state index >= 15 is 0 Å². The SMILES string of the molecule is CNCCOc1cccc(CC(=O)O)c1.Cl. The first kappa shape index (κ1) is 14.7. The zero-order chi connectivity index (χ0) is 11.1. The van der Waals surface area contributed by atoms with Gasteiger partial charge in [-0.1, -0.05) is 12.1 Å². The second kappa shape index (κ2) is 7.96. The number of carboxylic acid groups (broad SMARTS) is 1. The van der Waals surface area contributed by atoms with Gasteiger partial charge in [0.1, 0.15) is 12.4 Å². The van der Waals surface area contributed by atoms with E-state index in [1.807, 2.05) is 13.1 Å². The molecule has 5 heteroatoms. The van der Waals surface area contributed by atoms with Crippen molar-refractivity contribution in [2.45, 2.75) is 6.42 Å². The van der Waals surface area contributed by atoms with Crippen molar-refractivity contribution in [3.63, 3.8) is 0 Å². The van der Waals surface area contributed by atoms with Crippen LogP contribution in [-0.4, -0.2) is 31.3 Å². The van der Waals surface area contributed by atoms with Crippen LogP contribution in [-0.2, 0) is 11.2 Å². The van der Waals surface area contributed by atoms with E-state index in [4.69, 9.17) is 9.84 Å². The average Bonchev–Trinajstić information content (AvgIpc) is 2.18. The molecule has 1 aromatic rings.